The lowest BCUT2D eigenvalue weighted by molar-refractivity contribution is -0.0498. The largest absolute Gasteiger partial charge is 0.435 e. The number of benzene rings is 1. The summed E-state index contributed by atoms with van der Waals surface area (Å²) in [5.41, 5.74) is 4.89. The Labute approximate surface area is 138 Å². The molecule has 1 aromatic rings. The van der Waals surface area contributed by atoms with Gasteiger partial charge in [0.15, 0.2) is 0 Å². The van der Waals surface area contributed by atoms with Crippen LogP contribution in [0.25, 0.3) is 0 Å². The van der Waals surface area contributed by atoms with Crippen LogP contribution in [0.1, 0.15) is 37.2 Å². The smallest absolute Gasteiger partial charge is 0.387 e. The van der Waals surface area contributed by atoms with E-state index in [1.807, 2.05) is 23.9 Å². The second kappa shape index (κ2) is 6.11. The van der Waals surface area contributed by atoms with E-state index in [4.69, 9.17) is 4.99 Å². The van der Waals surface area contributed by atoms with Gasteiger partial charge in [0.05, 0.1) is 5.70 Å². The molecule has 0 spiro atoms. The second-order valence-corrected chi connectivity index (χ2v) is 7.04. The Balaban J connectivity index is 1.71. The van der Waals surface area contributed by atoms with Crippen molar-refractivity contribution in [2.24, 2.45) is 4.99 Å². The lowest BCUT2D eigenvalue weighted by atomic mass is 9.80. The predicted octanol–water partition coefficient (Wildman–Crippen LogP) is 5.29. The maximum absolute atomic E-state index is 12.3. The molecule has 1 unspecified atom stereocenters. The third-order valence-electron chi connectivity index (χ3n) is 4.48. The van der Waals surface area contributed by atoms with Gasteiger partial charge in [-0.25, -0.2) is 0 Å². The van der Waals surface area contributed by atoms with Crippen molar-refractivity contribution in [3.63, 3.8) is 0 Å². The fourth-order valence-corrected chi connectivity index (χ4v) is 4.76. The molecule has 2 aliphatic heterocycles. The highest BCUT2D eigenvalue weighted by molar-refractivity contribution is 8.03. The molecule has 120 valence electrons. The van der Waals surface area contributed by atoms with Crippen LogP contribution in [-0.2, 0) is 0 Å². The monoisotopic (exact) mass is 333 g/mol. The molecule has 0 aromatic heterocycles. The van der Waals surface area contributed by atoms with E-state index in [1.54, 1.807) is 12.1 Å². The summed E-state index contributed by atoms with van der Waals surface area (Å²) in [7, 11) is 0. The molecule has 0 bridgehead atoms. The van der Waals surface area contributed by atoms with Crippen LogP contribution < -0.4 is 4.74 Å². The van der Waals surface area contributed by atoms with Gasteiger partial charge in [0.25, 0.3) is 0 Å². The third kappa shape index (κ3) is 2.82. The molecule has 3 aliphatic rings. The average molecular weight is 333 g/mol. The first-order valence-corrected chi connectivity index (χ1v) is 8.89. The number of alkyl halides is 2. The first kappa shape index (κ1) is 14.9. The summed E-state index contributed by atoms with van der Waals surface area (Å²) in [5, 5.41) is 0. The molecule has 0 radical (unpaired) electrons. The first-order valence-electron chi connectivity index (χ1n) is 7.91. The van der Waals surface area contributed by atoms with Crippen LogP contribution in [0.15, 0.2) is 51.5 Å². The molecule has 5 heteroatoms. The molecule has 4 rings (SSSR count). The summed E-state index contributed by atoms with van der Waals surface area (Å²) >= 11 is 1.88. The van der Waals surface area contributed by atoms with Gasteiger partial charge < -0.3 is 4.74 Å². The van der Waals surface area contributed by atoms with Gasteiger partial charge >= 0.3 is 6.61 Å². The Morgan fingerprint density at radius 1 is 1.17 bits per heavy atom. The summed E-state index contributed by atoms with van der Waals surface area (Å²) < 4.78 is 29.1. The van der Waals surface area contributed by atoms with Crippen LogP contribution in [0.5, 0.6) is 5.75 Å². The Morgan fingerprint density at radius 2 is 2.00 bits per heavy atom. The van der Waals surface area contributed by atoms with E-state index in [0.29, 0.717) is 0 Å². The van der Waals surface area contributed by atoms with E-state index < -0.39 is 6.61 Å². The van der Waals surface area contributed by atoms with Crippen molar-refractivity contribution in [3.05, 3.63) is 52.1 Å². The van der Waals surface area contributed by atoms with Gasteiger partial charge in [-0.3, -0.25) is 4.99 Å². The SMILES string of the molecule is FC(F)Oc1ccc(C2C3=CCCCC3=NC3=C2SCC3)cc1. The molecule has 1 aromatic carbocycles. The zero-order valence-corrected chi connectivity index (χ0v) is 13.4. The Morgan fingerprint density at radius 3 is 2.78 bits per heavy atom. The van der Waals surface area contributed by atoms with Gasteiger partial charge in [0.2, 0.25) is 0 Å². The van der Waals surface area contributed by atoms with E-state index >= 15 is 0 Å². The summed E-state index contributed by atoms with van der Waals surface area (Å²) in [6, 6.07) is 7.08. The number of thioether (sulfide) groups is 1. The van der Waals surface area contributed by atoms with Crippen molar-refractivity contribution in [1.82, 2.24) is 0 Å². The Hall–Kier alpha value is -1.62. The van der Waals surface area contributed by atoms with Gasteiger partial charge in [-0.1, -0.05) is 18.2 Å². The van der Waals surface area contributed by atoms with Gasteiger partial charge in [-0.15, -0.1) is 11.8 Å². The van der Waals surface area contributed by atoms with E-state index in [2.05, 4.69) is 10.8 Å². The van der Waals surface area contributed by atoms with Crippen molar-refractivity contribution in [1.29, 1.82) is 0 Å². The van der Waals surface area contributed by atoms with Crippen LogP contribution in [0.4, 0.5) is 8.78 Å². The van der Waals surface area contributed by atoms with Gasteiger partial charge in [-0.2, -0.15) is 8.78 Å². The van der Waals surface area contributed by atoms with Crippen LogP contribution in [0.2, 0.25) is 0 Å². The van der Waals surface area contributed by atoms with Crippen molar-refractivity contribution < 1.29 is 13.5 Å². The highest BCUT2D eigenvalue weighted by Crippen LogP contribution is 2.50. The molecular weight excluding hydrogens is 316 g/mol. The number of hydrogen-bond acceptors (Lipinski definition) is 3. The minimum absolute atomic E-state index is 0.208. The average Bonchev–Trinajstić information content (AvgIpc) is 3.01. The number of aliphatic imine (C=N–C) groups is 1. The van der Waals surface area contributed by atoms with E-state index in [1.165, 1.54) is 21.9 Å². The minimum atomic E-state index is -2.78. The summed E-state index contributed by atoms with van der Waals surface area (Å²) in [4.78, 5) is 6.22. The quantitative estimate of drug-likeness (QED) is 0.750. The van der Waals surface area contributed by atoms with Crippen LogP contribution in [0, 0.1) is 0 Å². The van der Waals surface area contributed by atoms with E-state index in [9.17, 15) is 8.78 Å². The topological polar surface area (TPSA) is 21.6 Å². The Bertz CT molecular complexity index is 706. The molecule has 23 heavy (non-hydrogen) atoms. The first-order chi connectivity index (χ1) is 11.2. The fraction of sp³-hybridized carbons (Fsp3) is 0.389. The standard InChI is InChI=1S/C18H17F2NOS/c19-18(20)22-12-7-5-11(6-8-12)16-13-3-1-2-4-14(13)21-15-9-10-23-17(15)16/h3,5-8,16,18H,1-2,4,9-10H2. The number of nitrogens with zero attached hydrogens (tertiary/aromatic N) is 1. The summed E-state index contributed by atoms with van der Waals surface area (Å²) in [6.45, 7) is -2.78. The third-order valence-corrected chi connectivity index (χ3v) is 5.67. The van der Waals surface area contributed by atoms with Crippen molar-refractivity contribution >= 4 is 17.5 Å². The zero-order valence-electron chi connectivity index (χ0n) is 12.6. The number of rotatable bonds is 3. The lowest BCUT2D eigenvalue weighted by Crippen LogP contribution is -2.20. The number of fused-ring (bicyclic) bond motifs is 1. The van der Waals surface area contributed by atoms with Crippen molar-refractivity contribution in [3.8, 4) is 5.75 Å². The molecule has 0 fully saturated rings. The summed E-state index contributed by atoms with van der Waals surface area (Å²) in [5.74, 6) is 1.50. The molecule has 2 heterocycles. The van der Waals surface area contributed by atoms with Gasteiger partial charge in [-0.05, 0) is 49.0 Å². The Kier molecular flexibility index (Phi) is 3.97. The molecule has 0 N–H and O–H groups in total. The fourth-order valence-electron chi connectivity index (χ4n) is 3.50. The van der Waals surface area contributed by atoms with E-state index in [0.717, 1.165) is 37.0 Å². The van der Waals surface area contributed by atoms with Crippen molar-refractivity contribution in [2.45, 2.75) is 38.2 Å². The van der Waals surface area contributed by atoms with Gasteiger partial charge in [0, 0.05) is 22.3 Å². The normalized spacial score (nSPS) is 23.3. The highest BCUT2D eigenvalue weighted by atomic mass is 32.2. The highest BCUT2D eigenvalue weighted by Gasteiger charge is 2.34. The van der Waals surface area contributed by atoms with Crippen molar-refractivity contribution in [2.75, 3.05) is 5.75 Å². The number of hydrogen-bond donors (Lipinski definition) is 0. The number of ether oxygens (including phenoxy) is 1. The maximum atomic E-state index is 12.3. The van der Waals surface area contributed by atoms with Crippen LogP contribution in [-0.4, -0.2) is 18.1 Å². The minimum Gasteiger partial charge on any atom is -0.435 e. The zero-order chi connectivity index (χ0) is 15.8. The lowest BCUT2D eigenvalue weighted by Gasteiger charge is -2.30. The molecule has 0 saturated heterocycles. The second-order valence-electron chi connectivity index (χ2n) is 5.90. The molecule has 1 aliphatic carbocycles. The number of halogens is 2. The molecule has 1 atom stereocenters. The predicted molar refractivity (Wildman–Crippen MR) is 89.3 cm³/mol. The molecule has 2 nitrogen and oxygen atoms in total. The van der Waals surface area contributed by atoms with E-state index in [-0.39, 0.29) is 11.7 Å². The molecule has 0 saturated carbocycles. The molecular formula is C18H17F2NOS. The van der Waals surface area contributed by atoms with Crippen LogP contribution in [0.3, 0.4) is 0 Å². The summed E-state index contributed by atoms with van der Waals surface area (Å²) in [6.07, 6.45) is 6.62. The number of allylic oxidation sites excluding steroid dienone is 4. The maximum Gasteiger partial charge on any atom is 0.387 e. The van der Waals surface area contributed by atoms with Gasteiger partial charge in [0.1, 0.15) is 5.75 Å². The molecule has 0 amide bonds. The van der Waals surface area contributed by atoms with Crippen LogP contribution >= 0.6 is 11.8 Å².